The number of aromatic nitrogens is 3. The zero-order chi connectivity index (χ0) is 28.2. The van der Waals surface area contributed by atoms with Crippen LogP contribution in [0, 0.1) is 5.92 Å². The van der Waals surface area contributed by atoms with Gasteiger partial charge in [0.25, 0.3) is 0 Å². The van der Waals surface area contributed by atoms with Crippen molar-refractivity contribution in [3.8, 4) is 5.75 Å². The van der Waals surface area contributed by atoms with Gasteiger partial charge in [0.05, 0.1) is 31.1 Å². The number of ether oxygens (including phenoxy) is 1. The summed E-state index contributed by atoms with van der Waals surface area (Å²) in [5.74, 6) is 0.633. The molecular weight excluding hydrogens is 590 g/mol. The number of benzene rings is 3. The van der Waals surface area contributed by atoms with E-state index in [2.05, 4.69) is 62.3 Å². The van der Waals surface area contributed by atoms with Crippen molar-refractivity contribution in [2.75, 3.05) is 12.0 Å². The lowest BCUT2D eigenvalue weighted by atomic mass is 9.83. The summed E-state index contributed by atoms with van der Waals surface area (Å²) >= 11 is 10.1. The van der Waals surface area contributed by atoms with Gasteiger partial charge in [-0.25, -0.2) is 0 Å². The Bertz CT molecular complexity index is 1450. The van der Waals surface area contributed by atoms with Crippen LogP contribution >= 0.6 is 27.5 Å². The summed E-state index contributed by atoms with van der Waals surface area (Å²) in [5.41, 5.74) is 3.87. The summed E-state index contributed by atoms with van der Waals surface area (Å²) in [6.07, 6.45) is 3.34. The number of hydrogen-bond acceptors (Lipinski definition) is 5. The van der Waals surface area contributed by atoms with Crippen molar-refractivity contribution in [2.24, 2.45) is 13.0 Å². The fourth-order valence-corrected chi connectivity index (χ4v) is 6.16. The predicted molar refractivity (Wildman–Crippen MR) is 161 cm³/mol. The third kappa shape index (κ3) is 6.40. The molecule has 208 valence electrons. The lowest BCUT2D eigenvalue weighted by Gasteiger charge is -2.44. The van der Waals surface area contributed by atoms with E-state index in [0.717, 1.165) is 40.1 Å². The van der Waals surface area contributed by atoms with Crippen molar-refractivity contribution in [3.63, 3.8) is 0 Å². The second-order valence-electron chi connectivity index (χ2n) is 10.4. The number of methoxy groups -OCH3 is 1. The molecule has 0 bridgehead atoms. The SMILES string of the molecule is COc1ccc(CN(C(=O)C2C[C@H](C)N(Cc3ccccc3)[C@H](c3cn(C)nn3)C2)c2cc(Cl)ccc2Br)cc1. The molecule has 7 nitrogen and oxygen atoms in total. The van der Waals surface area contributed by atoms with Crippen LogP contribution in [0.15, 0.2) is 83.5 Å². The van der Waals surface area contributed by atoms with Crippen molar-refractivity contribution in [2.45, 2.75) is 44.9 Å². The minimum Gasteiger partial charge on any atom is -0.497 e. The van der Waals surface area contributed by atoms with Crippen molar-refractivity contribution in [3.05, 3.63) is 105 Å². The summed E-state index contributed by atoms with van der Waals surface area (Å²) in [6, 6.07) is 23.9. The summed E-state index contributed by atoms with van der Waals surface area (Å²) in [7, 11) is 3.52. The lowest BCUT2D eigenvalue weighted by molar-refractivity contribution is -0.126. The Hall–Kier alpha value is -3.20. The maximum absolute atomic E-state index is 14.5. The Morgan fingerprint density at radius 3 is 2.50 bits per heavy atom. The average Bonchev–Trinajstić information content (AvgIpc) is 3.40. The molecule has 3 aromatic carbocycles. The molecule has 0 radical (unpaired) electrons. The second-order valence-corrected chi connectivity index (χ2v) is 11.7. The molecule has 0 spiro atoms. The van der Waals surface area contributed by atoms with Gasteiger partial charge in [-0.2, -0.15) is 0 Å². The fraction of sp³-hybridized carbons (Fsp3) is 0.323. The molecular formula is C31H33BrClN5O2. The van der Waals surface area contributed by atoms with Gasteiger partial charge in [0, 0.05) is 41.2 Å². The molecule has 1 aromatic heterocycles. The molecule has 5 rings (SSSR count). The van der Waals surface area contributed by atoms with Crippen LogP contribution in [0.25, 0.3) is 0 Å². The molecule has 1 unspecified atom stereocenters. The van der Waals surface area contributed by atoms with Crippen LogP contribution in [0.1, 0.15) is 42.6 Å². The number of carbonyl (C=O) groups excluding carboxylic acids is 1. The van der Waals surface area contributed by atoms with E-state index in [-0.39, 0.29) is 23.9 Å². The van der Waals surface area contributed by atoms with Crippen LogP contribution in [-0.2, 0) is 24.9 Å². The number of anilines is 1. The van der Waals surface area contributed by atoms with E-state index >= 15 is 0 Å². The number of carbonyl (C=O) groups is 1. The predicted octanol–water partition coefficient (Wildman–Crippen LogP) is 6.81. The van der Waals surface area contributed by atoms with Gasteiger partial charge in [0.1, 0.15) is 5.75 Å². The van der Waals surface area contributed by atoms with Crippen molar-refractivity contribution < 1.29 is 9.53 Å². The van der Waals surface area contributed by atoms with Crippen LogP contribution in [-0.4, -0.2) is 39.0 Å². The first kappa shape index (κ1) is 28.3. The number of likely N-dealkylation sites (tertiary alicyclic amines) is 1. The van der Waals surface area contributed by atoms with Gasteiger partial charge in [-0.15, -0.1) is 5.10 Å². The highest BCUT2D eigenvalue weighted by Crippen LogP contribution is 2.40. The van der Waals surface area contributed by atoms with Gasteiger partial charge >= 0.3 is 0 Å². The molecule has 1 aliphatic heterocycles. The minimum absolute atomic E-state index is 0.0442. The first-order chi connectivity index (χ1) is 19.3. The Balaban J connectivity index is 1.47. The second kappa shape index (κ2) is 12.5. The highest BCUT2D eigenvalue weighted by molar-refractivity contribution is 9.10. The molecule has 1 amide bonds. The van der Waals surface area contributed by atoms with E-state index < -0.39 is 0 Å². The van der Waals surface area contributed by atoms with E-state index in [0.29, 0.717) is 18.0 Å². The Morgan fingerprint density at radius 2 is 1.82 bits per heavy atom. The fourth-order valence-electron chi connectivity index (χ4n) is 5.53. The van der Waals surface area contributed by atoms with E-state index in [1.807, 2.05) is 66.7 Å². The Morgan fingerprint density at radius 1 is 1.07 bits per heavy atom. The monoisotopic (exact) mass is 621 g/mol. The lowest BCUT2D eigenvalue weighted by Crippen LogP contribution is -2.47. The normalized spacial score (nSPS) is 19.4. The third-order valence-electron chi connectivity index (χ3n) is 7.58. The molecule has 4 aromatic rings. The zero-order valence-electron chi connectivity index (χ0n) is 22.9. The van der Waals surface area contributed by atoms with Crippen molar-refractivity contribution in [1.29, 1.82) is 0 Å². The van der Waals surface area contributed by atoms with Crippen molar-refractivity contribution in [1.82, 2.24) is 19.9 Å². The third-order valence-corrected chi connectivity index (χ3v) is 8.49. The standard InChI is InChI=1S/C31H33BrClN5O2/c1-21-15-24(16-30(28-20-36(2)35-34-28)37(21)18-22-7-5-4-6-8-22)31(39)38(29-17-25(33)11-14-27(29)32)19-23-9-12-26(40-3)13-10-23/h4-14,17,20-21,24,30H,15-16,18-19H2,1-3H3/t21-,24?,30-/m0/s1. The molecule has 0 saturated carbocycles. The number of aryl methyl sites for hydroxylation is 1. The summed E-state index contributed by atoms with van der Waals surface area (Å²) < 4.78 is 7.88. The number of halogens is 2. The number of amides is 1. The highest BCUT2D eigenvalue weighted by Gasteiger charge is 2.40. The van der Waals surface area contributed by atoms with Crippen LogP contribution in [0.4, 0.5) is 5.69 Å². The molecule has 0 N–H and O–H groups in total. The van der Waals surface area contributed by atoms with Gasteiger partial charge in [0.15, 0.2) is 0 Å². The summed E-state index contributed by atoms with van der Waals surface area (Å²) in [4.78, 5) is 18.8. The maximum atomic E-state index is 14.5. The zero-order valence-corrected chi connectivity index (χ0v) is 25.2. The van der Waals surface area contributed by atoms with E-state index in [1.165, 1.54) is 5.56 Å². The van der Waals surface area contributed by atoms with Gasteiger partial charge in [-0.3, -0.25) is 14.4 Å². The molecule has 3 atom stereocenters. The quantitative estimate of drug-likeness (QED) is 0.216. The topological polar surface area (TPSA) is 63.5 Å². The van der Waals surface area contributed by atoms with E-state index in [4.69, 9.17) is 16.3 Å². The van der Waals surface area contributed by atoms with Crippen molar-refractivity contribution >= 4 is 39.1 Å². The number of nitrogens with zero attached hydrogens (tertiary/aromatic N) is 5. The van der Waals surface area contributed by atoms with Gasteiger partial charge in [-0.05, 0) is 77.2 Å². The molecule has 9 heteroatoms. The van der Waals surface area contributed by atoms with Crippen LogP contribution in [0.5, 0.6) is 5.75 Å². The van der Waals surface area contributed by atoms with Gasteiger partial charge in [-0.1, -0.05) is 59.3 Å². The minimum atomic E-state index is -0.210. The summed E-state index contributed by atoms with van der Waals surface area (Å²) in [6.45, 7) is 3.39. The van der Waals surface area contributed by atoms with Gasteiger partial charge < -0.3 is 9.64 Å². The number of rotatable bonds is 8. The first-order valence-corrected chi connectivity index (χ1v) is 14.5. The van der Waals surface area contributed by atoms with E-state index in [1.54, 1.807) is 11.8 Å². The number of hydrogen-bond donors (Lipinski definition) is 0. The maximum Gasteiger partial charge on any atom is 0.230 e. The molecule has 1 fully saturated rings. The van der Waals surface area contributed by atoms with Gasteiger partial charge in [0.2, 0.25) is 5.91 Å². The largest absolute Gasteiger partial charge is 0.497 e. The molecule has 1 saturated heterocycles. The highest BCUT2D eigenvalue weighted by atomic mass is 79.9. The Kier molecular flexibility index (Phi) is 8.88. The molecule has 40 heavy (non-hydrogen) atoms. The first-order valence-electron chi connectivity index (χ1n) is 13.4. The average molecular weight is 623 g/mol. The molecule has 2 heterocycles. The summed E-state index contributed by atoms with van der Waals surface area (Å²) in [5, 5.41) is 9.28. The van der Waals surface area contributed by atoms with Crippen LogP contribution < -0.4 is 9.64 Å². The Labute approximate surface area is 248 Å². The van der Waals surface area contributed by atoms with E-state index in [9.17, 15) is 4.79 Å². The molecule has 1 aliphatic rings. The van der Waals surface area contributed by atoms with Crippen LogP contribution in [0.2, 0.25) is 5.02 Å². The smallest absolute Gasteiger partial charge is 0.230 e. The molecule has 0 aliphatic carbocycles. The van der Waals surface area contributed by atoms with Crippen LogP contribution in [0.3, 0.4) is 0 Å². The number of piperidine rings is 1.